The lowest BCUT2D eigenvalue weighted by Crippen LogP contribution is -2.32. The van der Waals surface area contributed by atoms with Crippen molar-refractivity contribution in [3.05, 3.63) is 53.7 Å². The number of anilines is 1. The molecule has 1 aromatic heterocycles. The molecule has 7 heteroatoms. The van der Waals surface area contributed by atoms with Gasteiger partial charge < -0.3 is 9.88 Å². The summed E-state index contributed by atoms with van der Waals surface area (Å²) in [5.74, 6) is 0.436. The zero-order valence-electron chi connectivity index (χ0n) is 13.0. The molecule has 2 aliphatic heterocycles. The van der Waals surface area contributed by atoms with Crippen molar-refractivity contribution in [1.82, 2.24) is 4.57 Å². The van der Waals surface area contributed by atoms with Crippen LogP contribution >= 0.6 is 0 Å². The summed E-state index contributed by atoms with van der Waals surface area (Å²) in [5, 5.41) is 5.18. The summed E-state index contributed by atoms with van der Waals surface area (Å²) in [7, 11) is -4.09. The average molecular weight is 362 g/mol. The van der Waals surface area contributed by atoms with Gasteiger partial charge in [0.25, 0.3) is 0 Å². The van der Waals surface area contributed by atoms with Crippen LogP contribution in [0.15, 0.2) is 53.0 Å². The van der Waals surface area contributed by atoms with Gasteiger partial charge in [0.05, 0.1) is 38.6 Å². The Morgan fingerprint density at radius 3 is 2.50 bits per heavy atom. The predicted molar refractivity (Wildman–Crippen MR) is 96.0 cm³/mol. The Morgan fingerprint density at radius 2 is 1.79 bits per heavy atom. The van der Waals surface area contributed by atoms with Gasteiger partial charge in [0, 0.05) is 29.4 Å². The first-order chi connectivity index (χ1) is 11.5. The molecule has 1 unspecified atom stereocenters. The molecule has 2 aliphatic rings. The lowest BCUT2D eigenvalue weighted by atomic mass is 10.1. The molecule has 0 radical (unpaired) electrons. The van der Waals surface area contributed by atoms with Crippen molar-refractivity contribution in [2.24, 2.45) is 0 Å². The van der Waals surface area contributed by atoms with Crippen LogP contribution in [0.4, 0.5) is 5.69 Å². The Bertz CT molecular complexity index is 917. The van der Waals surface area contributed by atoms with Crippen molar-refractivity contribution in [2.75, 3.05) is 16.8 Å². The molecule has 1 fully saturated rings. The number of fused-ring (bicyclic) bond motifs is 1. The lowest BCUT2D eigenvalue weighted by Gasteiger charge is -2.25. The molecule has 5 nitrogen and oxygen atoms in total. The van der Waals surface area contributed by atoms with Crippen molar-refractivity contribution < 1.29 is 12.6 Å². The standard InChI is InChI=1S/C17H18N2O3S2/c20-23-12-16(19-8-1-2-9-19)14-4-3-5-15(17(14)23)18-13-6-10-24(21,22)11-7-13/h1-5,8-9,12-13,18H,6-7,10-11H2. The number of aromatic nitrogens is 1. The Labute approximate surface area is 143 Å². The molecule has 24 heavy (non-hydrogen) atoms. The first kappa shape index (κ1) is 15.7. The quantitative estimate of drug-likeness (QED) is 0.911. The number of hydrogen-bond acceptors (Lipinski definition) is 4. The Balaban J connectivity index is 1.63. The molecule has 0 bridgehead atoms. The first-order valence-electron chi connectivity index (χ1n) is 7.90. The molecule has 0 saturated carbocycles. The highest BCUT2D eigenvalue weighted by Crippen LogP contribution is 2.37. The van der Waals surface area contributed by atoms with Crippen molar-refractivity contribution in [3.8, 4) is 0 Å². The van der Waals surface area contributed by atoms with E-state index in [1.54, 1.807) is 5.41 Å². The average Bonchev–Trinajstić information content (AvgIpc) is 3.18. The second kappa shape index (κ2) is 5.89. The first-order valence-corrected chi connectivity index (χ1v) is 10.9. The highest BCUT2D eigenvalue weighted by atomic mass is 32.2. The monoisotopic (exact) mass is 362 g/mol. The number of nitrogens with zero attached hydrogens (tertiary/aromatic N) is 1. The molecule has 4 rings (SSSR count). The summed E-state index contributed by atoms with van der Waals surface area (Å²) >= 11 is 0. The van der Waals surface area contributed by atoms with Gasteiger partial charge in [0.1, 0.15) is 9.84 Å². The normalized spacial score (nSPS) is 22.8. The van der Waals surface area contributed by atoms with Gasteiger partial charge in [-0.15, -0.1) is 0 Å². The van der Waals surface area contributed by atoms with Crippen LogP contribution in [0.5, 0.6) is 0 Å². The number of hydrogen-bond donors (Lipinski definition) is 1. The fraction of sp³-hybridized carbons (Fsp3) is 0.294. The molecular weight excluding hydrogens is 344 g/mol. The molecule has 2 aromatic rings. The third-order valence-corrected chi connectivity index (χ3v) is 7.50. The topological polar surface area (TPSA) is 68.2 Å². The maximum absolute atomic E-state index is 12.6. The minimum Gasteiger partial charge on any atom is -0.381 e. The fourth-order valence-electron chi connectivity index (χ4n) is 3.24. The van der Waals surface area contributed by atoms with Gasteiger partial charge in [-0.2, -0.15) is 0 Å². The fourth-order valence-corrected chi connectivity index (χ4v) is 6.04. The van der Waals surface area contributed by atoms with E-state index >= 15 is 0 Å². The van der Waals surface area contributed by atoms with E-state index in [1.165, 1.54) is 0 Å². The van der Waals surface area contributed by atoms with E-state index in [9.17, 15) is 12.6 Å². The summed E-state index contributed by atoms with van der Waals surface area (Å²) in [6.45, 7) is 0. The van der Waals surface area contributed by atoms with Crippen LogP contribution in [0.3, 0.4) is 0 Å². The van der Waals surface area contributed by atoms with E-state index in [0.29, 0.717) is 12.8 Å². The van der Waals surface area contributed by atoms with E-state index in [-0.39, 0.29) is 17.5 Å². The van der Waals surface area contributed by atoms with Crippen LogP contribution in [0, 0.1) is 0 Å². The van der Waals surface area contributed by atoms with Gasteiger partial charge in [0.2, 0.25) is 0 Å². The van der Waals surface area contributed by atoms with Gasteiger partial charge >= 0.3 is 0 Å². The summed E-state index contributed by atoms with van der Waals surface area (Å²) in [6, 6.07) is 9.82. The number of benzene rings is 1. The van der Waals surface area contributed by atoms with E-state index in [0.717, 1.165) is 21.8 Å². The van der Waals surface area contributed by atoms with Crippen LogP contribution in [-0.2, 0) is 20.6 Å². The van der Waals surface area contributed by atoms with Crippen LogP contribution < -0.4 is 5.32 Å². The van der Waals surface area contributed by atoms with E-state index in [2.05, 4.69) is 5.32 Å². The van der Waals surface area contributed by atoms with Crippen molar-refractivity contribution in [3.63, 3.8) is 0 Å². The van der Waals surface area contributed by atoms with Gasteiger partial charge in [-0.1, -0.05) is 12.1 Å². The molecule has 3 heterocycles. The SMILES string of the molecule is O=S1C=C(n2cccc2)c2cccc(NC3CCS(=O)(=O)CC3)c21. The summed E-state index contributed by atoms with van der Waals surface area (Å²) in [6.07, 6.45) is 5.06. The van der Waals surface area contributed by atoms with Crippen LogP contribution in [0.1, 0.15) is 18.4 Å². The number of nitrogens with one attached hydrogen (secondary N) is 1. The molecule has 1 N–H and O–H groups in total. The highest BCUT2D eigenvalue weighted by Gasteiger charge is 2.27. The largest absolute Gasteiger partial charge is 0.381 e. The van der Waals surface area contributed by atoms with Crippen LogP contribution in [-0.4, -0.2) is 34.7 Å². The maximum Gasteiger partial charge on any atom is 0.150 e. The molecule has 0 aliphatic carbocycles. The third kappa shape index (κ3) is 2.82. The highest BCUT2D eigenvalue weighted by molar-refractivity contribution is 7.91. The Kier molecular flexibility index (Phi) is 3.85. The second-order valence-electron chi connectivity index (χ2n) is 6.14. The molecule has 1 atom stereocenters. The van der Waals surface area contributed by atoms with E-state index in [1.807, 2.05) is 47.3 Å². The van der Waals surface area contributed by atoms with E-state index in [4.69, 9.17) is 0 Å². The summed E-state index contributed by atoms with van der Waals surface area (Å²) in [4.78, 5) is 0.787. The van der Waals surface area contributed by atoms with Gasteiger partial charge in [-0.05, 0) is 31.0 Å². The van der Waals surface area contributed by atoms with Crippen LogP contribution in [0.2, 0.25) is 0 Å². The van der Waals surface area contributed by atoms with E-state index < -0.39 is 20.6 Å². The van der Waals surface area contributed by atoms with Gasteiger partial charge in [-0.3, -0.25) is 0 Å². The van der Waals surface area contributed by atoms with Crippen LogP contribution in [0.25, 0.3) is 5.70 Å². The zero-order chi connectivity index (χ0) is 16.7. The molecule has 0 amide bonds. The number of sulfone groups is 1. The summed E-state index contributed by atoms with van der Waals surface area (Å²) < 4.78 is 37.7. The van der Waals surface area contributed by atoms with Crippen molar-refractivity contribution in [2.45, 2.75) is 23.8 Å². The van der Waals surface area contributed by atoms with Crippen molar-refractivity contribution >= 4 is 32.0 Å². The number of rotatable bonds is 3. The maximum atomic E-state index is 12.6. The molecular formula is C17H18N2O3S2. The second-order valence-corrected chi connectivity index (χ2v) is 9.69. The minimum atomic E-state index is -2.88. The molecule has 1 aromatic carbocycles. The lowest BCUT2D eigenvalue weighted by molar-refractivity contribution is 0.559. The van der Waals surface area contributed by atoms with Gasteiger partial charge in [0.15, 0.2) is 0 Å². The van der Waals surface area contributed by atoms with Gasteiger partial charge in [-0.25, -0.2) is 12.6 Å². The summed E-state index contributed by atoms with van der Waals surface area (Å²) in [5.41, 5.74) is 2.72. The predicted octanol–water partition coefficient (Wildman–Crippen LogP) is 2.45. The Morgan fingerprint density at radius 1 is 1.08 bits per heavy atom. The molecule has 126 valence electrons. The third-order valence-electron chi connectivity index (χ3n) is 4.51. The Hall–Kier alpha value is -1.86. The molecule has 0 spiro atoms. The zero-order valence-corrected chi connectivity index (χ0v) is 14.6. The minimum absolute atomic E-state index is 0.104. The van der Waals surface area contributed by atoms with Crippen molar-refractivity contribution in [1.29, 1.82) is 0 Å². The molecule has 1 saturated heterocycles. The smallest absolute Gasteiger partial charge is 0.150 e.